The Morgan fingerprint density at radius 2 is 1.84 bits per heavy atom. The lowest BCUT2D eigenvalue weighted by atomic mass is 9.74. The van der Waals surface area contributed by atoms with E-state index >= 15 is 0 Å². The van der Waals surface area contributed by atoms with Gasteiger partial charge in [-0.1, -0.05) is 36.4 Å². The van der Waals surface area contributed by atoms with Gasteiger partial charge in [0.15, 0.2) is 0 Å². The van der Waals surface area contributed by atoms with Gasteiger partial charge in [-0.05, 0) is 48.1 Å². The van der Waals surface area contributed by atoms with Crippen LogP contribution in [0, 0.1) is 0 Å². The SMILES string of the molecule is COc1cccc(C2(N)CCc3ccccc3C2)c1. The summed E-state index contributed by atoms with van der Waals surface area (Å²) in [7, 11) is 1.69. The largest absolute Gasteiger partial charge is 0.497 e. The van der Waals surface area contributed by atoms with Crippen LogP contribution in [0.5, 0.6) is 5.75 Å². The molecule has 0 aliphatic heterocycles. The fraction of sp³-hybridized carbons (Fsp3) is 0.294. The zero-order valence-electron chi connectivity index (χ0n) is 11.2. The molecule has 0 saturated carbocycles. The molecule has 1 unspecified atom stereocenters. The van der Waals surface area contributed by atoms with Gasteiger partial charge in [-0.2, -0.15) is 0 Å². The Labute approximate surface area is 114 Å². The summed E-state index contributed by atoms with van der Waals surface area (Å²) in [4.78, 5) is 0. The zero-order chi connectivity index (χ0) is 13.3. The Bertz CT molecular complexity index is 593. The average Bonchev–Trinajstić information content (AvgIpc) is 2.47. The molecule has 2 aromatic rings. The van der Waals surface area contributed by atoms with Gasteiger partial charge < -0.3 is 10.5 Å². The van der Waals surface area contributed by atoms with Crippen molar-refractivity contribution < 1.29 is 4.74 Å². The molecule has 0 bridgehead atoms. The van der Waals surface area contributed by atoms with E-state index in [1.807, 2.05) is 12.1 Å². The van der Waals surface area contributed by atoms with Gasteiger partial charge in [0.1, 0.15) is 5.75 Å². The average molecular weight is 253 g/mol. The number of ether oxygens (including phenoxy) is 1. The van der Waals surface area contributed by atoms with Crippen molar-refractivity contribution in [1.82, 2.24) is 0 Å². The van der Waals surface area contributed by atoms with E-state index in [9.17, 15) is 0 Å². The van der Waals surface area contributed by atoms with E-state index in [0.29, 0.717) is 0 Å². The Hall–Kier alpha value is -1.80. The van der Waals surface area contributed by atoms with Crippen molar-refractivity contribution in [2.24, 2.45) is 5.73 Å². The molecule has 0 aromatic heterocycles. The monoisotopic (exact) mass is 253 g/mol. The molecule has 0 fully saturated rings. The van der Waals surface area contributed by atoms with E-state index in [-0.39, 0.29) is 5.54 Å². The van der Waals surface area contributed by atoms with Crippen molar-refractivity contribution in [3.8, 4) is 5.75 Å². The standard InChI is InChI=1S/C17H19NO/c1-19-16-8-4-7-15(11-16)17(18)10-9-13-5-2-3-6-14(13)12-17/h2-8,11H,9-10,12,18H2,1H3. The van der Waals surface area contributed by atoms with Gasteiger partial charge in [-0.15, -0.1) is 0 Å². The number of nitrogens with two attached hydrogens (primary N) is 1. The first-order valence-corrected chi connectivity index (χ1v) is 6.71. The lowest BCUT2D eigenvalue weighted by Crippen LogP contribution is -2.42. The highest BCUT2D eigenvalue weighted by molar-refractivity contribution is 5.39. The number of fused-ring (bicyclic) bond motifs is 1. The molecular formula is C17H19NO. The minimum Gasteiger partial charge on any atom is -0.497 e. The molecule has 0 saturated heterocycles. The Balaban J connectivity index is 1.96. The third kappa shape index (κ3) is 2.24. The van der Waals surface area contributed by atoms with Crippen LogP contribution in [-0.4, -0.2) is 7.11 Å². The first-order chi connectivity index (χ1) is 9.21. The third-order valence-electron chi connectivity index (χ3n) is 4.11. The molecule has 1 atom stereocenters. The van der Waals surface area contributed by atoms with Gasteiger partial charge in [0.05, 0.1) is 7.11 Å². The van der Waals surface area contributed by atoms with Gasteiger partial charge in [0, 0.05) is 5.54 Å². The van der Waals surface area contributed by atoms with Crippen molar-refractivity contribution >= 4 is 0 Å². The van der Waals surface area contributed by atoms with Crippen LogP contribution >= 0.6 is 0 Å². The number of methoxy groups -OCH3 is 1. The maximum atomic E-state index is 6.66. The van der Waals surface area contributed by atoms with Gasteiger partial charge in [0.25, 0.3) is 0 Å². The number of hydrogen-bond acceptors (Lipinski definition) is 2. The second-order valence-corrected chi connectivity index (χ2v) is 5.33. The van der Waals surface area contributed by atoms with Crippen LogP contribution in [0.25, 0.3) is 0 Å². The highest BCUT2D eigenvalue weighted by Crippen LogP contribution is 2.35. The van der Waals surface area contributed by atoms with Crippen molar-refractivity contribution in [3.63, 3.8) is 0 Å². The summed E-state index contributed by atoms with van der Waals surface area (Å²) in [5.74, 6) is 0.876. The molecule has 0 amide bonds. The van der Waals surface area contributed by atoms with Crippen LogP contribution in [0.1, 0.15) is 23.1 Å². The summed E-state index contributed by atoms with van der Waals surface area (Å²) >= 11 is 0. The fourth-order valence-corrected chi connectivity index (χ4v) is 2.94. The molecule has 2 nitrogen and oxygen atoms in total. The maximum Gasteiger partial charge on any atom is 0.119 e. The molecule has 0 heterocycles. The molecular weight excluding hydrogens is 234 g/mol. The number of benzene rings is 2. The van der Waals surface area contributed by atoms with Gasteiger partial charge in [-0.3, -0.25) is 0 Å². The van der Waals surface area contributed by atoms with Crippen molar-refractivity contribution in [2.75, 3.05) is 7.11 Å². The topological polar surface area (TPSA) is 35.2 Å². The molecule has 0 spiro atoms. The van der Waals surface area contributed by atoms with Gasteiger partial charge >= 0.3 is 0 Å². The summed E-state index contributed by atoms with van der Waals surface area (Å²) in [6, 6.07) is 16.7. The molecule has 2 N–H and O–H groups in total. The van der Waals surface area contributed by atoms with E-state index in [1.165, 1.54) is 16.7 Å². The van der Waals surface area contributed by atoms with E-state index < -0.39 is 0 Å². The Morgan fingerprint density at radius 3 is 2.63 bits per heavy atom. The molecule has 0 radical (unpaired) electrons. The van der Waals surface area contributed by atoms with Crippen molar-refractivity contribution in [2.45, 2.75) is 24.8 Å². The van der Waals surface area contributed by atoms with E-state index in [0.717, 1.165) is 25.0 Å². The molecule has 98 valence electrons. The van der Waals surface area contributed by atoms with Gasteiger partial charge in [0.2, 0.25) is 0 Å². The van der Waals surface area contributed by atoms with E-state index in [1.54, 1.807) is 7.11 Å². The summed E-state index contributed by atoms with van der Waals surface area (Å²) in [6.07, 6.45) is 2.93. The van der Waals surface area contributed by atoms with Crippen LogP contribution < -0.4 is 10.5 Å². The molecule has 1 aliphatic carbocycles. The first-order valence-electron chi connectivity index (χ1n) is 6.71. The molecule has 2 heteroatoms. The number of aryl methyl sites for hydroxylation is 1. The van der Waals surface area contributed by atoms with Crippen molar-refractivity contribution in [1.29, 1.82) is 0 Å². The van der Waals surface area contributed by atoms with Crippen LogP contribution in [0.2, 0.25) is 0 Å². The number of rotatable bonds is 2. The minimum absolute atomic E-state index is 0.275. The predicted octanol–water partition coefficient (Wildman–Crippen LogP) is 3.04. The highest BCUT2D eigenvalue weighted by Gasteiger charge is 2.32. The first kappa shape index (κ1) is 12.2. The summed E-state index contributed by atoms with van der Waals surface area (Å²) in [5.41, 5.74) is 10.4. The molecule has 2 aromatic carbocycles. The third-order valence-corrected chi connectivity index (χ3v) is 4.11. The lowest BCUT2D eigenvalue weighted by Gasteiger charge is -2.35. The van der Waals surface area contributed by atoms with Crippen molar-refractivity contribution in [3.05, 3.63) is 65.2 Å². The predicted molar refractivity (Wildman–Crippen MR) is 77.3 cm³/mol. The normalized spacial score (nSPS) is 21.8. The molecule has 19 heavy (non-hydrogen) atoms. The summed E-state index contributed by atoms with van der Waals surface area (Å²) < 4.78 is 5.30. The van der Waals surface area contributed by atoms with Crippen LogP contribution in [0.15, 0.2) is 48.5 Å². The Morgan fingerprint density at radius 1 is 1.05 bits per heavy atom. The Kier molecular flexibility index (Phi) is 3.03. The molecule has 3 rings (SSSR count). The van der Waals surface area contributed by atoms with Gasteiger partial charge in [-0.25, -0.2) is 0 Å². The van der Waals surface area contributed by atoms with E-state index in [2.05, 4.69) is 36.4 Å². The fourth-order valence-electron chi connectivity index (χ4n) is 2.94. The smallest absolute Gasteiger partial charge is 0.119 e. The summed E-state index contributed by atoms with van der Waals surface area (Å²) in [5, 5.41) is 0. The minimum atomic E-state index is -0.275. The second kappa shape index (κ2) is 4.71. The second-order valence-electron chi connectivity index (χ2n) is 5.33. The van der Waals surface area contributed by atoms with E-state index in [4.69, 9.17) is 10.5 Å². The summed E-state index contributed by atoms with van der Waals surface area (Å²) in [6.45, 7) is 0. The maximum absolute atomic E-state index is 6.66. The van der Waals surface area contributed by atoms with Crippen LogP contribution in [0.3, 0.4) is 0 Å². The quantitative estimate of drug-likeness (QED) is 0.893. The van der Waals surface area contributed by atoms with Crippen LogP contribution in [-0.2, 0) is 18.4 Å². The van der Waals surface area contributed by atoms with Crippen LogP contribution in [0.4, 0.5) is 0 Å². The molecule has 1 aliphatic rings. The number of hydrogen-bond donors (Lipinski definition) is 1. The lowest BCUT2D eigenvalue weighted by molar-refractivity contribution is 0.378. The highest BCUT2D eigenvalue weighted by atomic mass is 16.5. The zero-order valence-corrected chi connectivity index (χ0v) is 11.2.